The van der Waals surface area contributed by atoms with Crippen molar-refractivity contribution in [1.29, 1.82) is 0 Å². The summed E-state index contributed by atoms with van der Waals surface area (Å²) in [6.07, 6.45) is 0. The Morgan fingerprint density at radius 3 is 2.33 bits per heavy atom. The zero-order chi connectivity index (χ0) is 12.8. The third-order valence-electron chi connectivity index (χ3n) is 2.81. The third-order valence-corrected chi connectivity index (χ3v) is 2.81. The highest BCUT2D eigenvalue weighted by molar-refractivity contribution is 5.36. The van der Waals surface area contributed by atoms with E-state index in [1.807, 2.05) is 54.6 Å². The van der Waals surface area contributed by atoms with Crippen LogP contribution in [0.2, 0.25) is 0 Å². The smallest absolute Gasteiger partial charge is 0.124 e. The first-order valence-corrected chi connectivity index (χ1v) is 6.02. The van der Waals surface area contributed by atoms with E-state index in [0.29, 0.717) is 13.2 Å². The molecule has 3 nitrogen and oxygen atoms in total. The predicted molar refractivity (Wildman–Crippen MR) is 73.2 cm³/mol. The van der Waals surface area contributed by atoms with Crippen molar-refractivity contribution in [2.24, 2.45) is 11.5 Å². The van der Waals surface area contributed by atoms with Gasteiger partial charge in [-0.05, 0) is 11.6 Å². The van der Waals surface area contributed by atoms with Gasteiger partial charge in [0.25, 0.3) is 0 Å². The molecule has 0 aliphatic carbocycles. The number of benzene rings is 2. The number of hydrogen-bond acceptors (Lipinski definition) is 3. The molecule has 94 valence electrons. The molecule has 2 aromatic carbocycles. The maximum atomic E-state index is 5.96. The lowest BCUT2D eigenvalue weighted by atomic mass is 10.1. The highest BCUT2D eigenvalue weighted by Crippen LogP contribution is 2.23. The molecule has 3 heteroatoms. The average Bonchev–Trinajstić information content (AvgIpc) is 2.45. The molecule has 0 bridgehead atoms. The van der Waals surface area contributed by atoms with Crippen LogP contribution in [0.5, 0.6) is 5.75 Å². The molecule has 0 aliphatic rings. The molecule has 0 radical (unpaired) electrons. The lowest BCUT2D eigenvalue weighted by Crippen LogP contribution is -2.21. The van der Waals surface area contributed by atoms with Crippen LogP contribution in [0.4, 0.5) is 0 Å². The van der Waals surface area contributed by atoms with Gasteiger partial charge in [0, 0.05) is 18.2 Å². The number of para-hydroxylation sites is 1. The molecule has 2 rings (SSSR count). The van der Waals surface area contributed by atoms with E-state index in [9.17, 15) is 0 Å². The topological polar surface area (TPSA) is 61.3 Å². The van der Waals surface area contributed by atoms with Crippen molar-refractivity contribution >= 4 is 0 Å². The minimum Gasteiger partial charge on any atom is -0.489 e. The van der Waals surface area contributed by atoms with Crippen molar-refractivity contribution in [3.8, 4) is 5.75 Å². The fraction of sp³-hybridized carbons (Fsp3) is 0.200. The van der Waals surface area contributed by atoms with E-state index in [0.717, 1.165) is 16.9 Å². The summed E-state index contributed by atoms with van der Waals surface area (Å²) >= 11 is 0. The summed E-state index contributed by atoms with van der Waals surface area (Å²) in [5.74, 6) is 0.805. The Labute approximate surface area is 107 Å². The molecule has 0 aliphatic heterocycles. The second kappa shape index (κ2) is 6.19. The van der Waals surface area contributed by atoms with Crippen molar-refractivity contribution < 1.29 is 4.74 Å². The first kappa shape index (κ1) is 12.6. The van der Waals surface area contributed by atoms with Crippen LogP contribution in [0, 0.1) is 0 Å². The number of hydrogen-bond donors (Lipinski definition) is 2. The number of nitrogens with two attached hydrogens (primary N) is 2. The van der Waals surface area contributed by atoms with Crippen LogP contribution in [-0.2, 0) is 6.61 Å². The van der Waals surface area contributed by atoms with Crippen molar-refractivity contribution in [2.75, 3.05) is 6.54 Å². The van der Waals surface area contributed by atoms with E-state index >= 15 is 0 Å². The van der Waals surface area contributed by atoms with Gasteiger partial charge in [0.05, 0.1) is 0 Å². The first-order chi connectivity index (χ1) is 8.81. The van der Waals surface area contributed by atoms with Gasteiger partial charge >= 0.3 is 0 Å². The van der Waals surface area contributed by atoms with Crippen LogP contribution < -0.4 is 16.2 Å². The van der Waals surface area contributed by atoms with Crippen molar-refractivity contribution in [3.05, 3.63) is 65.7 Å². The summed E-state index contributed by atoms with van der Waals surface area (Å²) in [6.45, 7) is 0.945. The van der Waals surface area contributed by atoms with Gasteiger partial charge in [0.1, 0.15) is 12.4 Å². The second-order valence-corrected chi connectivity index (χ2v) is 4.15. The van der Waals surface area contributed by atoms with Gasteiger partial charge < -0.3 is 16.2 Å². The van der Waals surface area contributed by atoms with Crippen molar-refractivity contribution in [2.45, 2.75) is 12.6 Å². The second-order valence-electron chi connectivity index (χ2n) is 4.15. The lowest BCUT2D eigenvalue weighted by Gasteiger charge is -2.15. The van der Waals surface area contributed by atoms with E-state index in [1.54, 1.807) is 0 Å². The monoisotopic (exact) mass is 242 g/mol. The van der Waals surface area contributed by atoms with E-state index in [2.05, 4.69) is 0 Å². The summed E-state index contributed by atoms with van der Waals surface area (Å²) in [5.41, 5.74) is 13.6. The van der Waals surface area contributed by atoms with Crippen molar-refractivity contribution in [3.63, 3.8) is 0 Å². The summed E-state index contributed by atoms with van der Waals surface area (Å²) in [4.78, 5) is 0. The molecule has 4 N–H and O–H groups in total. The molecule has 0 heterocycles. The Bertz CT molecular complexity index is 485. The van der Waals surface area contributed by atoms with E-state index in [1.165, 1.54) is 0 Å². The Balaban J connectivity index is 2.10. The summed E-state index contributed by atoms with van der Waals surface area (Å²) in [6, 6.07) is 17.6. The lowest BCUT2D eigenvalue weighted by molar-refractivity contribution is 0.301. The van der Waals surface area contributed by atoms with Crippen LogP contribution in [0.1, 0.15) is 17.2 Å². The fourth-order valence-electron chi connectivity index (χ4n) is 1.78. The highest BCUT2D eigenvalue weighted by atomic mass is 16.5. The molecule has 0 amide bonds. The van der Waals surface area contributed by atoms with Gasteiger partial charge in [-0.15, -0.1) is 0 Å². The van der Waals surface area contributed by atoms with E-state index in [-0.39, 0.29) is 6.04 Å². The van der Waals surface area contributed by atoms with Gasteiger partial charge in [-0.3, -0.25) is 0 Å². The zero-order valence-electron chi connectivity index (χ0n) is 10.3. The van der Waals surface area contributed by atoms with Gasteiger partial charge in [-0.25, -0.2) is 0 Å². The molecule has 0 aromatic heterocycles. The maximum absolute atomic E-state index is 5.96. The van der Waals surface area contributed by atoms with Crippen molar-refractivity contribution in [1.82, 2.24) is 0 Å². The molecule has 0 unspecified atom stereocenters. The SMILES string of the molecule is NC[C@H](N)c1ccccc1OCc1ccccc1. The molecular formula is C15H18N2O. The van der Waals surface area contributed by atoms with Crippen LogP contribution in [0.3, 0.4) is 0 Å². The summed E-state index contributed by atoms with van der Waals surface area (Å²) in [7, 11) is 0. The number of ether oxygens (including phenoxy) is 1. The third kappa shape index (κ3) is 3.09. The quantitative estimate of drug-likeness (QED) is 0.845. The molecule has 0 spiro atoms. The van der Waals surface area contributed by atoms with Gasteiger partial charge in [0.15, 0.2) is 0 Å². The average molecular weight is 242 g/mol. The zero-order valence-corrected chi connectivity index (χ0v) is 10.3. The molecular weight excluding hydrogens is 224 g/mol. The molecule has 0 saturated carbocycles. The number of rotatable bonds is 5. The molecule has 0 saturated heterocycles. The molecule has 2 aromatic rings. The Hall–Kier alpha value is -1.84. The van der Waals surface area contributed by atoms with Crippen LogP contribution >= 0.6 is 0 Å². The predicted octanol–water partition coefficient (Wildman–Crippen LogP) is 2.22. The standard InChI is InChI=1S/C15H18N2O/c16-10-14(17)13-8-4-5-9-15(13)18-11-12-6-2-1-3-7-12/h1-9,14H,10-11,16-17H2/t14-/m0/s1. The van der Waals surface area contributed by atoms with Crippen LogP contribution in [-0.4, -0.2) is 6.54 Å². The Kier molecular flexibility index (Phi) is 4.34. The summed E-state index contributed by atoms with van der Waals surface area (Å²) in [5, 5.41) is 0. The van der Waals surface area contributed by atoms with Gasteiger partial charge in [-0.2, -0.15) is 0 Å². The summed E-state index contributed by atoms with van der Waals surface area (Å²) < 4.78 is 5.81. The largest absolute Gasteiger partial charge is 0.489 e. The minimum absolute atomic E-state index is 0.183. The Morgan fingerprint density at radius 1 is 0.944 bits per heavy atom. The van der Waals surface area contributed by atoms with Gasteiger partial charge in [-0.1, -0.05) is 48.5 Å². The fourth-order valence-corrected chi connectivity index (χ4v) is 1.78. The van der Waals surface area contributed by atoms with Crippen LogP contribution in [0.15, 0.2) is 54.6 Å². The minimum atomic E-state index is -0.183. The Morgan fingerprint density at radius 2 is 1.61 bits per heavy atom. The van der Waals surface area contributed by atoms with E-state index in [4.69, 9.17) is 16.2 Å². The normalized spacial score (nSPS) is 12.1. The first-order valence-electron chi connectivity index (χ1n) is 6.02. The highest BCUT2D eigenvalue weighted by Gasteiger charge is 2.09. The van der Waals surface area contributed by atoms with Gasteiger partial charge in [0.2, 0.25) is 0 Å². The van der Waals surface area contributed by atoms with E-state index < -0.39 is 0 Å². The molecule has 1 atom stereocenters. The van der Waals surface area contributed by atoms with Crippen LogP contribution in [0.25, 0.3) is 0 Å². The molecule has 18 heavy (non-hydrogen) atoms. The maximum Gasteiger partial charge on any atom is 0.124 e. The molecule has 0 fully saturated rings.